The molecule has 31 heavy (non-hydrogen) atoms. The van der Waals surface area contributed by atoms with Crippen LogP contribution in [0, 0.1) is 5.92 Å². The van der Waals surface area contributed by atoms with E-state index in [0.29, 0.717) is 23.7 Å². The van der Waals surface area contributed by atoms with Crippen LogP contribution in [-0.4, -0.2) is 50.0 Å². The Balaban J connectivity index is 1.22. The number of amides is 1. The number of para-hydroxylation sites is 1. The number of rotatable bonds is 6. The van der Waals surface area contributed by atoms with E-state index in [0.717, 1.165) is 51.4 Å². The molecule has 1 saturated carbocycles. The molecule has 5 rings (SSSR count). The fraction of sp³-hybridized carbons (Fsp3) is 0.462. The van der Waals surface area contributed by atoms with Crippen molar-refractivity contribution < 1.29 is 4.79 Å². The SMILES string of the molecule is CN=C(NCC1CC1c1ccccc1)N1CC(CCN2CCCC2=O)c2ccccc21. The Morgan fingerprint density at radius 2 is 1.94 bits per heavy atom. The van der Waals surface area contributed by atoms with E-state index in [9.17, 15) is 4.79 Å². The number of nitrogens with one attached hydrogen (secondary N) is 1. The third-order valence-corrected chi connectivity index (χ3v) is 7.13. The first-order chi connectivity index (χ1) is 15.2. The Kier molecular flexibility index (Phi) is 5.66. The van der Waals surface area contributed by atoms with Gasteiger partial charge in [0.05, 0.1) is 0 Å². The van der Waals surface area contributed by atoms with Crippen LogP contribution < -0.4 is 10.2 Å². The van der Waals surface area contributed by atoms with Crippen molar-refractivity contribution in [3.63, 3.8) is 0 Å². The molecule has 3 unspecified atom stereocenters. The number of hydrogen-bond acceptors (Lipinski definition) is 2. The fourth-order valence-corrected chi connectivity index (χ4v) is 5.29. The van der Waals surface area contributed by atoms with Gasteiger partial charge in [-0.15, -0.1) is 0 Å². The summed E-state index contributed by atoms with van der Waals surface area (Å²) in [5.74, 6) is 3.06. The molecule has 162 valence electrons. The van der Waals surface area contributed by atoms with Gasteiger partial charge in [-0.05, 0) is 48.3 Å². The van der Waals surface area contributed by atoms with Gasteiger partial charge in [-0.25, -0.2) is 0 Å². The third kappa shape index (κ3) is 4.18. The number of carbonyl (C=O) groups excluding carboxylic acids is 1. The second-order valence-electron chi connectivity index (χ2n) is 9.08. The number of nitrogens with zero attached hydrogens (tertiary/aromatic N) is 3. The molecular formula is C26H32N4O. The molecule has 3 aliphatic rings. The van der Waals surface area contributed by atoms with E-state index in [2.05, 4.69) is 69.8 Å². The predicted octanol–water partition coefficient (Wildman–Crippen LogP) is 3.98. The molecule has 0 spiro atoms. The number of benzene rings is 2. The number of guanidine groups is 1. The Bertz CT molecular complexity index is 957. The highest BCUT2D eigenvalue weighted by atomic mass is 16.2. The summed E-state index contributed by atoms with van der Waals surface area (Å²) in [4.78, 5) is 21.0. The van der Waals surface area contributed by atoms with E-state index in [1.807, 2.05) is 11.9 Å². The van der Waals surface area contributed by atoms with Gasteiger partial charge in [0.15, 0.2) is 5.96 Å². The Morgan fingerprint density at radius 1 is 1.13 bits per heavy atom. The van der Waals surface area contributed by atoms with E-state index >= 15 is 0 Å². The molecule has 5 heteroatoms. The summed E-state index contributed by atoms with van der Waals surface area (Å²) in [6, 6.07) is 19.5. The monoisotopic (exact) mass is 416 g/mol. The minimum atomic E-state index is 0.318. The van der Waals surface area contributed by atoms with Gasteiger partial charge in [-0.1, -0.05) is 48.5 Å². The molecule has 0 radical (unpaired) electrons. The van der Waals surface area contributed by atoms with E-state index in [1.54, 1.807) is 0 Å². The van der Waals surface area contributed by atoms with Crippen LogP contribution in [0.5, 0.6) is 0 Å². The summed E-state index contributed by atoms with van der Waals surface area (Å²) >= 11 is 0. The highest BCUT2D eigenvalue weighted by Crippen LogP contribution is 2.47. The van der Waals surface area contributed by atoms with Crippen LogP contribution in [-0.2, 0) is 4.79 Å². The molecule has 1 aliphatic carbocycles. The van der Waals surface area contributed by atoms with Gasteiger partial charge in [-0.2, -0.15) is 0 Å². The quantitative estimate of drug-likeness (QED) is 0.572. The predicted molar refractivity (Wildman–Crippen MR) is 126 cm³/mol. The molecule has 1 N–H and O–H groups in total. The molecule has 2 fully saturated rings. The summed E-state index contributed by atoms with van der Waals surface area (Å²) < 4.78 is 0. The second-order valence-corrected chi connectivity index (χ2v) is 9.08. The summed E-state index contributed by atoms with van der Waals surface area (Å²) in [6.45, 7) is 3.66. The lowest BCUT2D eigenvalue weighted by molar-refractivity contribution is -0.127. The summed E-state index contributed by atoms with van der Waals surface area (Å²) in [5, 5.41) is 3.65. The molecule has 2 aromatic carbocycles. The Labute approximate surface area is 185 Å². The van der Waals surface area contributed by atoms with Crippen molar-refractivity contribution in [1.82, 2.24) is 10.2 Å². The molecule has 1 amide bonds. The van der Waals surface area contributed by atoms with Crippen molar-refractivity contribution in [3.05, 3.63) is 65.7 Å². The zero-order valence-corrected chi connectivity index (χ0v) is 18.3. The highest BCUT2D eigenvalue weighted by Gasteiger charge is 2.39. The first kappa shape index (κ1) is 20.1. The normalized spacial score (nSPS) is 25.1. The lowest BCUT2D eigenvalue weighted by Crippen LogP contribution is -2.42. The number of likely N-dealkylation sites (tertiary alicyclic amines) is 1. The zero-order chi connectivity index (χ0) is 21.2. The van der Waals surface area contributed by atoms with Crippen LogP contribution in [0.15, 0.2) is 59.6 Å². The van der Waals surface area contributed by atoms with Crippen LogP contribution in [0.2, 0.25) is 0 Å². The van der Waals surface area contributed by atoms with Gasteiger partial charge in [0.25, 0.3) is 0 Å². The lowest BCUT2D eigenvalue weighted by Gasteiger charge is -2.23. The first-order valence-electron chi connectivity index (χ1n) is 11.6. The molecule has 0 bridgehead atoms. The van der Waals surface area contributed by atoms with Gasteiger partial charge >= 0.3 is 0 Å². The lowest BCUT2D eigenvalue weighted by atomic mass is 9.98. The van der Waals surface area contributed by atoms with Crippen molar-refractivity contribution in [1.29, 1.82) is 0 Å². The van der Waals surface area contributed by atoms with Crippen molar-refractivity contribution in [2.24, 2.45) is 10.9 Å². The fourth-order valence-electron chi connectivity index (χ4n) is 5.29. The number of aliphatic imine (C=N–C) groups is 1. The molecule has 3 atom stereocenters. The van der Waals surface area contributed by atoms with Crippen LogP contribution in [0.3, 0.4) is 0 Å². The summed E-state index contributed by atoms with van der Waals surface area (Å²) in [6.07, 6.45) is 3.98. The van der Waals surface area contributed by atoms with Gasteiger partial charge in [-0.3, -0.25) is 9.79 Å². The number of anilines is 1. The standard InChI is InChI=1S/C26H32N4O/c1-27-26(28-17-21-16-23(21)19-8-3-2-4-9-19)30-18-20(22-10-5-6-11-24(22)30)13-15-29-14-7-12-25(29)31/h2-6,8-11,20-21,23H,7,12-18H2,1H3,(H,27,28). The Morgan fingerprint density at radius 3 is 2.71 bits per heavy atom. The van der Waals surface area contributed by atoms with E-state index in [4.69, 9.17) is 0 Å². The van der Waals surface area contributed by atoms with Crippen LogP contribution in [0.4, 0.5) is 5.69 Å². The average molecular weight is 417 g/mol. The van der Waals surface area contributed by atoms with E-state index in [1.165, 1.54) is 23.2 Å². The summed E-state index contributed by atoms with van der Waals surface area (Å²) in [7, 11) is 1.88. The van der Waals surface area contributed by atoms with E-state index in [-0.39, 0.29) is 0 Å². The van der Waals surface area contributed by atoms with Gasteiger partial charge in [0.1, 0.15) is 0 Å². The number of fused-ring (bicyclic) bond motifs is 1. The average Bonchev–Trinajstić information content (AvgIpc) is 3.33. The zero-order valence-electron chi connectivity index (χ0n) is 18.3. The molecule has 0 aromatic heterocycles. The van der Waals surface area contributed by atoms with Crippen LogP contribution >= 0.6 is 0 Å². The molecule has 2 aromatic rings. The maximum atomic E-state index is 12.0. The number of carbonyl (C=O) groups is 1. The smallest absolute Gasteiger partial charge is 0.222 e. The number of hydrogen-bond donors (Lipinski definition) is 1. The first-order valence-corrected chi connectivity index (χ1v) is 11.6. The topological polar surface area (TPSA) is 47.9 Å². The molecular weight excluding hydrogens is 384 g/mol. The summed E-state index contributed by atoms with van der Waals surface area (Å²) in [5.41, 5.74) is 4.08. The van der Waals surface area contributed by atoms with Crippen LogP contribution in [0.25, 0.3) is 0 Å². The molecule has 1 saturated heterocycles. The van der Waals surface area contributed by atoms with Gasteiger partial charge in [0, 0.05) is 51.3 Å². The maximum absolute atomic E-state index is 12.0. The largest absolute Gasteiger partial charge is 0.356 e. The van der Waals surface area contributed by atoms with Gasteiger partial charge in [0.2, 0.25) is 5.91 Å². The molecule has 5 nitrogen and oxygen atoms in total. The Hall–Kier alpha value is -2.82. The maximum Gasteiger partial charge on any atom is 0.222 e. The van der Waals surface area contributed by atoms with Crippen molar-refractivity contribution in [2.75, 3.05) is 38.1 Å². The van der Waals surface area contributed by atoms with Gasteiger partial charge < -0.3 is 15.1 Å². The van der Waals surface area contributed by atoms with E-state index < -0.39 is 0 Å². The molecule has 2 heterocycles. The van der Waals surface area contributed by atoms with Crippen molar-refractivity contribution >= 4 is 17.6 Å². The van der Waals surface area contributed by atoms with Crippen molar-refractivity contribution in [2.45, 2.75) is 37.5 Å². The second kappa shape index (κ2) is 8.74. The third-order valence-electron chi connectivity index (χ3n) is 7.13. The van der Waals surface area contributed by atoms with Crippen LogP contribution in [0.1, 0.15) is 48.6 Å². The molecule has 2 aliphatic heterocycles. The highest BCUT2D eigenvalue weighted by molar-refractivity contribution is 5.98. The van der Waals surface area contributed by atoms with Crippen molar-refractivity contribution in [3.8, 4) is 0 Å². The minimum Gasteiger partial charge on any atom is -0.356 e. The minimum absolute atomic E-state index is 0.318.